The molecule has 0 heterocycles. The number of likely N-dealkylation sites (N-methyl/N-ethyl adjacent to an activating group) is 2. The molecule has 0 radical (unpaired) electrons. The minimum Gasteiger partial charge on any atom is -0.312 e. The number of benzene rings is 1. The maximum atomic E-state index is 3.49. The molecule has 0 saturated heterocycles. The Morgan fingerprint density at radius 2 is 1.81 bits per heavy atom. The SMILES string of the molecule is CCN(CC1CC1)CC(NC)c1ccc(C(C)(C)C)cc1. The summed E-state index contributed by atoms with van der Waals surface area (Å²) < 4.78 is 0. The average Bonchev–Trinajstić information content (AvgIpc) is 3.26. The summed E-state index contributed by atoms with van der Waals surface area (Å²) in [5.74, 6) is 0.964. The zero-order valence-corrected chi connectivity index (χ0v) is 14.4. The van der Waals surface area contributed by atoms with Gasteiger partial charge in [-0.05, 0) is 48.9 Å². The first-order valence-corrected chi connectivity index (χ1v) is 8.44. The van der Waals surface area contributed by atoms with E-state index in [-0.39, 0.29) is 5.41 Å². The summed E-state index contributed by atoms with van der Waals surface area (Å²) in [6, 6.07) is 9.60. The van der Waals surface area contributed by atoms with Crippen LogP contribution in [0.3, 0.4) is 0 Å². The molecule has 1 unspecified atom stereocenters. The Bertz CT molecular complexity index is 426. The van der Waals surface area contributed by atoms with Gasteiger partial charge in [0.25, 0.3) is 0 Å². The lowest BCUT2D eigenvalue weighted by Gasteiger charge is -2.27. The van der Waals surface area contributed by atoms with Crippen LogP contribution in [0.1, 0.15) is 57.7 Å². The Hall–Kier alpha value is -0.860. The Balaban J connectivity index is 2.02. The second-order valence-corrected chi connectivity index (χ2v) is 7.51. The van der Waals surface area contributed by atoms with Crippen LogP contribution in [0.4, 0.5) is 0 Å². The molecule has 1 aromatic rings. The molecule has 1 atom stereocenters. The minimum absolute atomic E-state index is 0.231. The van der Waals surface area contributed by atoms with E-state index >= 15 is 0 Å². The average molecular weight is 288 g/mol. The summed E-state index contributed by atoms with van der Waals surface area (Å²) in [7, 11) is 2.08. The summed E-state index contributed by atoms with van der Waals surface area (Å²) in [6.45, 7) is 12.6. The predicted molar refractivity (Wildman–Crippen MR) is 91.8 cm³/mol. The van der Waals surface area contributed by atoms with Gasteiger partial charge in [-0.1, -0.05) is 52.0 Å². The highest BCUT2D eigenvalue weighted by molar-refractivity contribution is 5.29. The predicted octanol–water partition coefficient (Wildman–Crippen LogP) is 3.98. The van der Waals surface area contributed by atoms with Crippen molar-refractivity contribution in [3.8, 4) is 0 Å². The first-order chi connectivity index (χ1) is 9.94. The van der Waals surface area contributed by atoms with Crippen LogP contribution in [0.2, 0.25) is 0 Å². The van der Waals surface area contributed by atoms with E-state index in [9.17, 15) is 0 Å². The van der Waals surface area contributed by atoms with Crippen molar-refractivity contribution in [1.29, 1.82) is 0 Å². The quantitative estimate of drug-likeness (QED) is 0.816. The maximum Gasteiger partial charge on any atom is 0.0446 e. The molecule has 21 heavy (non-hydrogen) atoms. The summed E-state index contributed by atoms with van der Waals surface area (Å²) >= 11 is 0. The van der Waals surface area contributed by atoms with E-state index in [0.29, 0.717) is 6.04 Å². The molecule has 0 aliphatic heterocycles. The van der Waals surface area contributed by atoms with Crippen LogP contribution in [0.15, 0.2) is 24.3 Å². The Morgan fingerprint density at radius 1 is 1.19 bits per heavy atom. The Labute approximate surface area is 130 Å². The largest absolute Gasteiger partial charge is 0.312 e. The second-order valence-electron chi connectivity index (χ2n) is 7.51. The van der Waals surface area contributed by atoms with Gasteiger partial charge in [0.05, 0.1) is 0 Å². The number of hydrogen-bond acceptors (Lipinski definition) is 2. The van der Waals surface area contributed by atoms with Crippen molar-refractivity contribution in [3.05, 3.63) is 35.4 Å². The van der Waals surface area contributed by atoms with Gasteiger partial charge in [-0.15, -0.1) is 0 Å². The lowest BCUT2D eigenvalue weighted by atomic mass is 9.86. The van der Waals surface area contributed by atoms with Crippen molar-refractivity contribution < 1.29 is 0 Å². The Morgan fingerprint density at radius 3 is 2.24 bits per heavy atom. The summed E-state index contributed by atoms with van der Waals surface area (Å²) in [5.41, 5.74) is 3.04. The number of nitrogens with zero attached hydrogens (tertiary/aromatic N) is 1. The van der Waals surface area contributed by atoms with Gasteiger partial charge in [0.1, 0.15) is 0 Å². The van der Waals surface area contributed by atoms with Crippen LogP contribution in [-0.4, -0.2) is 31.6 Å². The number of nitrogens with one attached hydrogen (secondary N) is 1. The van der Waals surface area contributed by atoms with E-state index in [1.54, 1.807) is 0 Å². The number of hydrogen-bond donors (Lipinski definition) is 1. The molecule has 1 saturated carbocycles. The van der Waals surface area contributed by atoms with Gasteiger partial charge in [-0.3, -0.25) is 0 Å². The zero-order chi connectivity index (χ0) is 15.5. The van der Waals surface area contributed by atoms with Crippen LogP contribution in [-0.2, 0) is 5.41 Å². The van der Waals surface area contributed by atoms with Gasteiger partial charge in [0.2, 0.25) is 0 Å². The fourth-order valence-corrected chi connectivity index (χ4v) is 2.84. The Kier molecular flexibility index (Phi) is 5.45. The van der Waals surface area contributed by atoms with Crippen LogP contribution in [0.5, 0.6) is 0 Å². The van der Waals surface area contributed by atoms with Crippen molar-refractivity contribution in [3.63, 3.8) is 0 Å². The molecule has 0 spiro atoms. The van der Waals surface area contributed by atoms with Gasteiger partial charge in [-0.25, -0.2) is 0 Å². The fraction of sp³-hybridized carbons (Fsp3) is 0.684. The third-order valence-electron chi connectivity index (χ3n) is 4.63. The van der Waals surface area contributed by atoms with E-state index in [2.05, 4.69) is 69.2 Å². The normalized spacial score (nSPS) is 17.2. The molecule has 0 bridgehead atoms. The van der Waals surface area contributed by atoms with Crippen molar-refractivity contribution in [2.24, 2.45) is 5.92 Å². The van der Waals surface area contributed by atoms with Gasteiger partial charge in [0, 0.05) is 19.1 Å². The van der Waals surface area contributed by atoms with Crippen LogP contribution in [0.25, 0.3) is 0 Å². The van der Waals surface area contributed by atoms with Crippen molar-refractivity contribution in [2.45, 2.75) is 52.0 Å². The third kappa shape index (κ3) is 4.82. The molecule has 0 amide bonds. The maximum absolute atomic E-state index is 3.49. The van der Waals surface area contributed by atoms with Crippen LogP contribution < -0.4 is 5.32 Å². The minimum atomic E-state index is 0.231. The van der Waals surface area contributed by atoms with E-state index in [1.165, 1.54) is 30.5 Å². The summed E-state index contributed by atoms with van der Waals surface area (Å²) in [6.07, 6.45) is 2.86. The molecular weight excluding hydrogens is 256 g/mol. The topological polar surface area (TPSA) is 15.3 Å². The summed E-state index contributed by atoms with van der Waals surface area (Å²) in [4.78, 5) is 2.59. The highest BCUT2D eigenvalue weighted by atomic mass is 15.1. The molecule has 1 aliphatic carbocycles. The molecule has 1 N–H and O–H groups in total. The first kappa shape index (κ1) is 16.5. The van der Waals surface area contributed by atoms with Gasteiger partial charge >= 0.3 is 0 Å². The third-order valence-corrected chi connectivity index (χ3v) is 4.63. The molecule has 2 heteroatoms. The van der Waals surface area contributed by atoms with Crippen molar-refractivity contribution in [2.75, 3.05) is 26.7 Å². The zero-order valence-electron chi connectivity index (χ0n) is 14.4. The monoisotopic (exact) mass is 288 g/mol. The van der Waals surface area contributed by atoms with Gasteiger partial charge < -0.3 is 10.2 Å². The van der Waals surface area contributed by atoms with Gasteiger partial charge in [-0.2, -0.15) is 0 Å². The van der Waals surface area contributed by atoms with Crippen molar-refractivity contribution in [1.82, 2.24) is 10.2 Å². The molecule has 2 nitrogen and oxygen atoms in total. The van der Waals surface area contributed by atoms with Gasteiger partial charge in [0.15, 0.2) is 0 Å². The van der Waals surface area contributed by atoms with E-state index in [0.717, 1.165) is 19.0 Å². The van der Waals surface area contributed by atoms with E-state index in [1.807, 2.05) is 0 Å². The van der Waals surface area contributed by atoms with E-state index < -0.39 is 0 Å². The molecular formula is C19H32N2. The molecule has 2 rings (SSSR count). The highest BCUT2D eigenvalue weighted by Gasteiger charge is 2.25. The first-order valence-electron chi connectivity index (χ1n) is 8.44. The molecule has 1 aliphatic rings. The molecule has 1 aromatic carbocycles. The second kappa shape index (κ2) is 6.93. The highest BCUT2D eigenvalue weighted by Crippen LogP contribution is 2.30. The van der Waals surface area contributed by atoms with Crippen molar-refractivity contribution >= 4 is 0 Å². The summed E-state index contributed by atoms with van der Waals surface area (Å²) in [5, 5.41) is 3.49. The lowest BCUT2D eigenvalue weighted by molar-refractivity contribution is 0.248. The number of rotatable bonds is 7. The molecule has 118 valence electrons. The van der Waals surface area contributed by atoms with Crippen LogP contribution >= 0.6 is 0 Å². The standard InChI is InChI=1S/C19H32N2/c1-6-21(13-15-7-8-15)14-18(20-5)16-9-11-17(12-10-16)19(2,3)4/h9-12,15,18,20H,6-8,13-14H2,1-5H3. The smallest absolute Gasteiger partial charge is 0.0446 e. The molecule has 0 aromatic heterocycles. The lowest BCUT2D eigenvalue weighted by Crippen LogP contribution is -2.35. The van der Waals surface area contributed by atoms with Crippen LogP contribution in [0, 0.1) is 5.92 Å². The van der Waals surface area contributed by atoms with E-state index in [4.69, 9.17) is 0 Å². The molecule has 1 fully saturated rings. The fourth-order valence-electron chi connectivity index (χ4n) is 2.84.